The molecule has 1 fully saturated rings. The predicted molar refractivity (Wildman–Crippen MR) is 138 cm³/mol. The molecule has 0 saturated carbocycles. The number of rotatable bonds is 11. The number of carbonyl (C=O) groups is 1. The number of likely N-dealkylation sites (tertiary alicyclic amines) is 1. The molecule has 4 rings (SSSR count). The summed E-state index contributed by atoms with van der Waals surface area (Å²) in [6, 6.07) is 8.39. The molecule has 1 aliphatic rings. The summed E-state index contributed by atoms with van der Waals surface area (Å²) in [5.41, 5.74) is 0.777. The van der Waals surface area contributed by atoms with Crippen LogP contribution < -0.4 is 4.74 Å². The molecule has 2 aromatic heterocycles. The second kappa shape index (κ2) is 12.3. The maximum Gasteiger partial charge on any atom is 0.303 e. The summed E-state index contributed by atoms with van der Waals surface area (Å²) in [5.74, 6) is 0.0292. The number of carboxylic acids is 1. The first kappa shape index (κ1) is 26.8. The van der Waals surface area contributed by atoms with Crippen LogP contribution in [0.4, 0.5) is 8.78 Å². The van der Waals surface area contributed by atoms with Gasteiger partial charge in [-0.2, -0.15) is 4.39 Å². The van der Waals surface area contributed by atoms with Gasteiger partial charge >= 0.3 is 5.97 Å². The molecular weight excluding hydrogens is 506 g/mol. The summed E-state index contributed by atoms with van der Waals surface area (Å²) in [6.45, 7) is 2.29. The Morgan fingerprint density at radius 2 is 2.14 bits per heavy atom. The number of thiophene rings is 1. The van der Waals surface area contributed by atoms with Crippen molar-refractivity contribution in [2.45, 2.75) is 36.0 Å². The fourth-order valence-electron chi connectivity index (χ4n) is 5.00. The number of aliphatic carboxylic acids is 1. The lowest BCUT2D eigenvalue weighted by molar-refractivity contribution is -0.139. The molecule has 0 radical (unpaired) electrons. The molecular formula is C26H30F2N2O4S2. The van der Waals surface area contributed by atoms with Gasteiger partial charge < -0.3 is 19.8 Å². The number of ether oxygens (including phenoxy) is 1. The van der Waals surface area contributed by atoms with Crippen LogP contribution in [0.2, 0.25) is 0 Å². The second-order valence-electron chi connectivity index (χ2n) is 9.11. The lowest BCUT2D eigenvalue weighted by atomic mass is 9.79. The lowest BCUT2D eigenvalue weighted by Gasteiger charge is -2.38. The van der Waals surface area contributed by atoms with E-state index in [4.69, 9.17) is 4.74 Å². The maximum absolute atomic E-state index is 14.7. The van der Waals surface area contributed by atoms with Crippen molar-refractivity contribution in [2.75, 3.05) is 32.5 Å². The van der Waals surface area contributed by atoms with E-state index < -0.39 is 17.9 Å². The van der Waals surface area contributed by atoms with E-state index in [1.54, 1.807) is 36.0 Å². The fourth-order valence-corrected chi connectivity index (χ4v) is 6.90. The number of benzene rings is 1. The minimum absolute atomic E-state index is 0.0493. The number of halogens is 2. The van der Waals surface area contributed by atoms with Gasteiger partial charge in [-0.15, -0.1) is 11.8 Å². The average Bonchev–Trinajstić information content (AvgIpc) is 3.27. The van der Waals surface area contributed by atoms with Crippen molar-refractivity contribution in [3.8, 4) is 5.75 Å². The third-order valence-corrected chi connectivity index (χ3v) is 8.90. The van der Waals surface area contributed by atoms with Crippen LogP contribution in [0.25, 0.3) is 10.9 Å². The number of carboxylic acid groups (broad SMARTS) is 1. The van der Waals surface area contributed by atoms with Crippen LogP contribution in [0, 0.1) is 22.8 Å². The third-order valence-electron chi connectivity index (χ3n) is 6.82. The van der Waals surface area contributed by atoms with Crippen molar-refractivity contribution >= 4 is 40.0 Å². The SMILES string of the molecule is COc1ccc2ncc(F)c([C@@H](O)CC[C@@H]3CCN(CCSc4ccc(F)s4)C[C@H]3CC(=O)O)c2c1. The molecule has 0 aliphatic carbocycles. The number of fused-ring (bicyclic) bond motifs is 1. The second-order valence-corrected chi connectivity index (χ2v) is 11.5. The summed E-state index contributed by atoms with van der Waals surface area (Å²) in [7, 11) is 1.53. The molecule has 194 valence electrons. The summed E-state index contributed by atoms with van der Waals surface area (Å²) < 4.78 is 34.1. The van der Waals surface area contributed by atoms with Crippen LogP contribution in [0.3, 0.4) is 0 Å². The largest absolute Gasteiger partial charge is 0.497 e. The molecule has 2 N–H and O–H groups in total. The first-order chi connectivity index (χ1) is 17.3. The zero-order chi connectivity index (χ0) is 25.7. The van der Waals surface area contributed by atoms with Gasteiger partial charge in [-0.3, -0.25) is 9.78 Å². The molecule has 1 aliphatic heterocycles. The number of aromatic nitrogens is 1. The Kier molecular flexibility index (Phi) is 9.16. The van der Waals surface area contributed by atoms with E-state index in [2.05, 4.69) is 9.88 Å². The first-order valence-corrected chi connectivity index (χ1v) is 13.8. The zero-order valence-corrected chi connectivity index (χ0v) is 21.7. The highest BCUT2D eigenvalue weighted by molar-refractivity contribution is 8.01. The lowest BCUT2D eigenvalue weighted by Crippen LogP contribution is -2.42. The van der Waals surface area contributed by atoms with Crippen molar-refractivity contribution in [1.82, 2.24) is 9.88 Å². The Morgan fingerprint density at radius 1 is 1.31 bits per heavy atom. The van der Waals surface area contributed by atoms with Crippen LogP contribution in [0.15, 0.2) is 40.7 Å². The molecule has 0 spiro atoms. The van der Waals surface area contributed by atoms with Gasteiger partial charge in [0.2, 0.25) is 0 Å². The number of piperidine rings is 1. The molecule has 0 amide bonds. The van der Waals surface area contributed by atoms with Crippen molar-refractivity contribution in [3.63, 3.8) is 0 Å². The predicted octanol–water partition coefficient (Wildman–Crippen LogP) is 5.60. The van der Waals surface area contributed by atoms with E-state index in [0.29, 0.717) is 36.0 Å². The van der Waals surface area contributed by atoms with Crippen LogP contribution >= 0.6 is 23.1 Å². The molecule has 1 aromatic carbocycles. The topological polar surface area (TPSA) is 82.9 Å². The number of hydrogen-bond donors (Lipinski definition) is 2. The van der Waals surface area contributed by atoms with Crippen molar-refractivity contribution < 1.29 is 28.5 Å². The molecule has 3 aromatic rings. The Morgan fingerprint density at radius 3 is 2.86 bits per heavy atom. The van der Waals surface area contributed by atoms with E-state index in [1.165, 1.54) is 13.2 Å². The number of aliphatic hydroxyl groups is 1. The summed E-state index contributed by atoms with van der Waals surface area (Å²) in [5, 5.41) is 20.8. The molecule has 0 bridgehead atoms. The van der Waals surface area contributed by atoms with Crippen LogP contribution in [-0.2, 0) is 4.79 Å². The highest BCUT2D eigenvalue weighted by Gasteiger charge is 2.31. The number of aliphatic hydroxyl groups excluding tert-OH is 1. The standard InChI is InChI=1S/C26H30F2N2O4S2/c1-34-18-3-4-21-19(13-18)26(20(27)14-29-21)22(31)5-2-16-8-9-30(15-17(16)12-24(32)33)10-11-35-25-7-6-23(28)36-25/h3-4,6-7,13-14,16-17,22,31H,2,5,8-12,15H2,1H3,(H,32,33)/t16-,17-,22+/m1/s1. The van der Waals surface area contributed by atoms with Crippen LogP contribution in [0.5, 0.6) is 5.75 Å². The van der Waals surface area contributed by atoms with E-state index >= 15 is 0 Å². The van der Waals surface area contributed by atoms with Crippen molar-refractivity contribution in [3.05, 3.63) is 53.0 Å². The van der Waals surface area contributed by atoms with Gasteiger partial charge in [0, 0.05) is 36.2 Å². The third kappa shape index (κ3) is 6.73. The van der Waals surface area contributed by atoms with Crippen LogP contribution in [0.1, 0.15) is 37.4 Å². The quantitative estimate of drug-likeness (QED) is 0.309. The smallest absolute Gasteiger partial charge is 0.303 e. The molecule has 6 nitrogen and oxygen atoms in total. The normalized spacial score (nSPS) is 19.4. The van der Waals surface area contributed by atoms with Gasteiger partial charge in [0.25, 0.3) is 0 Å². The highest BCUT2D eigenvalue weighted by atomic mass is 32.2. The van der Waals surface area contributed by atoms with E-state index in [-0.39, 0.29) is 29.0 Å². The van der Waals surface area contributed by atoms with Gasteiger partial charge in [-0.1, -0.05) is 11.3 Å². The van der Waals surface area contributed by atoms with Crippen LogP contribution in [-0.4, -0.2) is 58.6 Å². The van der Waals surface area contributed by atoms with Gasteiger partial charge in [-0.05, 0) is 68.0 Å². The van der Waals surface area contributed by atoms with Gasteiger partial charge in [0.05, 0.1) is 29.1 Å². The van der Waals surface area contributed by atoms with E-state index in [1.807, 2.05) is 0 Å². The summed E-state index contributed by atoms with van der Waals surface area (Å²) in [4.78, 5) is 17.9. The Bertz CT molecular complexity index is 1190. The van der Waals surface area contributed by atoms with Gasteiger partial charge in [0.1, 0.15) is 11.6 Å². The Balaban J connectivity index is 1.38. The molecule has 3 heterocycles. The van der Waals surface area contributed by atoms with Crippen molar-refractivity contribution in [1.29, 1.82) is 0 Å². The van der Waals surface area contributed by atoms with Gasteiger partial charge in [-0.25, -0.2) is 4.39 Å². The highest BCUT2D eigenvalue weighted by Crippen LogP contribution is 2.36. The fraction of sp³-hybridized carbons (Fsp3) is 0.462. The maximum atomic E-state index is 14.7. The number of nitrogens with zero attached hydrogens (tertiary/aromatic N) is 2. The monoisotopic (exact) mass is 536 g/mol. The number of pyridine rings is 1. The molecule has 0 unspecified atom stereocenters. The van der Waals surface area contributed by atoms with E-state index in [9.17, 15) is 23.8 Å². The minimum atomic E-state index is -1.03. The molecule has 10 heteroatoms. The summed E-state index contributed by atoms with van der Waals surface area (Å²) in [6.07, 6.45) is 1.90. The molecule has 36 heavy (non-hydrogen) atoms. The summed E-state index contributed by atoms with van der Waals surface area (Å²) >= 11 is 2.74. The van der Waals surface area contributed by atoms with Gasteiger partial charge in [0.15, 0.2) is 5.13 Å². The average molecular weight is 537 g/mol. The number of methoxy groups -OCH3 is 1. The zero-order valence-electron chi connectivity index (χ0n) is 20.0. The number of hydrogen-bond acceptors (Lipinski definition) is 7. The van der Waals surface area contributed by atoms with Crippen molar-refractivity contribution in [2.24, 2.45) is 11.8 Å². The minimum Gasteiger partial charge on any atom is -0.497 e. The molecule has 3 atom stereocenters. The Labute approximate surface area is 217 Å². The van der Waals surface area contributed by atoms with E-state index in [0.717, 1.165) is 47.0 Å². The molecule has 1 saturated heterocycles. The number of thioether (sulfide) groups is 1. The Hall–Kier alpha value is -2.27. The first-order valence-electron chi connectivity index (χ1n) is 12.0.